The highest BCUT2D eigenvalue weighted by molar-refractivity contribution is 5.86. The molecule has 0 spiro atoms. The van der Waals surface area contributed by atoms with Crippen LogP contribution in [0.15, 0.2) is 16.8 Å². The Balaban J connectivity index is 1.60. The third kappa shape index (κ3) is 3.75. The monoisotopic (exact) mass is 430 g/mol. The molecule has 2 N–H and O–H groups in total. The summed E-state index contributed by atoms with van der Waals surface area (Å²) in [5.41, 5.74) is 5.72. The molecule has 31 heavy (non-hydrogen) atoms. The molecule has 3 fully saturated rings. The minimum atomic E-state index is -0.462. The number of carbonyl (C=O) groups is 1. The van der Waals surface area contributed by atoms with Gasteiger partial charge in [-0.1, -0.05) is 38.8 Å². The summed E-state index contributed by atoms with van der Waals surface area (Å²) in [6.45, 7) is 11.6. The summed E-state index contributed by atoms with van der Waals surface area (Å²) >= 11 is 0. The van der Waals surface area contributed by atoms with Gasteiger partial charge in [-0.15, -0.1) is 0 Å². The summed E-state index contributed by atoms with van der Waals surface area (Å²) in [4.78, 5) is 11.8. The standard InChI is InChI=1S/C26H42N2O3/c1-6-17-14-22-20-9-8-18-15-19(29)10-12-25(18,4)21(20)11-13-26(22,5)23(17)16(3)27-28-24(30)31-7-2/h8,17,19-23,29H,6-7,9-15H2,1-5H3,(H,28,30)/b27-16+/t17-,19+,20-,21-,22+,23+,25+,26+/m1/s1. The van der Waals surface area contributed by atoms with Gasteiger partial charge in [-0.2, -0.15) is 5.10 Å². The van der Waals surface area contributed by atoms with E-state index in [1.807, 2.05) is 6.92 Å². The first kappa shape index (κ1) is 22.8. The predicted octanol–water partition coefficient (Wildman–Crippen LogP) is 5.68. The third-order valence-electron chi connectivity index (χ3n) is 9.83. The Morgan fingerprint density at radius 2 is 2.03 bits per heavy atom. The molecule has 0 bridgehead atoms. The molecule has 0 heterocycles. The maximum atomic E-state index is 11.8. The summed E-state index contributed by atoms with van der Waals surface area (Å²) in [6, 6.07) is 0. The molecule has 0 aromatic heterocycles. The van der Waals surface area contributed by atoms with E-state index in [1.165, 1.54) is 31.3 Å². The fraction of sp³-hybridized carbons (Fsp3) is 0.846. The van der Waals surface area contributed by atoms with Crippen LogP contribution in [0.25, 0.3) is 0 Å². The molecule has 0 aromatic rings. The Bertz CT molecular complexity index is 762. The molecule has 4 rings (SSSR count). The molecular formula is C26H42N2O3. The number of rotatable bonds is 4. The number of hydrogen-bond donors (Lipinski definition) is 2. The SMILES string of the molecule is CCOC(=O)N/N=C(\C)[C@H]1[C@H](CC)C[C@H]2[C@@H]3CC=C4C[C@@H](O)CC[C@]4(C)[C@@H]3CC[C@@]21C. The number of carbonyl (C=O) groups excluding carboxylic acids is 1. The summed E-state index contributed by atoms with van der Waals surface area (Å²) in [6.07, 6.45) is 11.0. The topological polar surface area (TPSA) is 70.9 Å². The second kappa shape index (κ2) is 8.53. The lowest BCUT2D eigenvalue weighted by Gasteiger charge is -2.58. The molecule has 5 heteroatoms. The van der Waals surface area contributed by atoms with Crippen molar-refractivity contribution in [3.8, 4) is 0 Å². The quantitative estimate of drug-likeness (QED) is 0.342. The molecule has 0 saturated heterocycles. The van der Waals surface area contributed by atoms with E-state index in [2.05, 4.69) is 44.3 Å². The lowest BCUT2D eigenvalue weighted by Crippen LogP contribution is -2.51. The van der Waals surface area contributed by atoms with Gasteiger partial charge in [-0.05, 0) is 93.3 Å². The molecule has 0 aliphatic heterocycles. The van der Waals surface area contributed by atoms with Crippen LogP contribution in [0.3, 0.4) is 0 Å². The molecule has 0 aromatic carbocycles. The number of ether oxygens (including phenoxy) is 1. The minimum absolute atomic E-state index is 0.143. The van der Waals surface area contributed by atoms with Gasteiger partial charge < -0.3 is 9.84 Å². The van der Waals surface area contributed by atoms with Crippen LogP contribution in [-0.2, 0) is 4.74 Å². The van der Waals surface area contributed by atoms with E-state index in [0.717, 1.165) is 43.2 Å². The zero-order valence-electron chi connectivity index (χ0n) is 20.1. The van der Waals surface area contributed by atoms with E-state index in [1.54, 1.807) is 0 Å². The lowest BCUT2D eigenvalue weighted by atomic mass is 9.47. The molecular weight excluding hydrogens is 388 g/mol. The number of aliphatic hydroxyl groups excluding tert-OH is 1. The van der Waals surface area contributed by atoms with Gasteiger partial charge in [0.1, 0.15) is 0 Å². The van der Waals surface area contributed by atoms with Gasteiger partial charge in [-0.25, -0.2) is 10.2 Å². The number of fused-ring (bicyclic) bond motifs is 5. The number of hydrogen-bond acceptors (Lipinski definition) is 4. The van der Waals surface area contributed by atoms with Crippen LogP contribution in [0.2, 0.25) is 0 Å². The highest BCUT2D eigenvalue weighted by Gasteiger charge is 2.61. The zero-order valence-corrected chi connectivity index (χ0v) is 20.1. The molecule has 5 nitrogen and oxygen atoms in total. The fourth-order valence-corrected chi connectivity index (χ4v) is 8.41. The minimum Gasteiger partial charge on any atom is -0.449 e. The summed E-state index contributed by atoms with van der Waals surface area (Å²) in [7, 11) is 0. The van der Waals surface area contributed by atoms with Crippen molar-refractivity contribution in [3.63, 3.8) is 0 Å². The van der Waals surface area contributed by atoms with Crippen LogP contribution in [0, 0.1) is 40.4 Å². The van der Waals surface area contributed by atoms with E-state index in [-0.39, 0.29) is 16.9 Å². The Morgan fingerprint density at radius 3 is 2.74 bits per heavy atom. The lowest BCUT2D eigenvalue weighted by molar-refractivity contribution is -0.0425. The second-order valence-corrected chi connectivity index (χ2v) is 11.2. The molecule has 0 unspecified atom stereocenters. The number of allylic oxidation sites excluding steroid dienone is 1. The first-order valence-electron chi connectivity index (χ1n) is 12.6. The number of aliphatic hydroxyl groups is 1. The van der Waals surface area contributed by atoms with Crippen LogP contribution in [0.5, 0.6) is 0 Å². The average Bonchev–Trinajstić information content (AvgIpc) is 3.05. The molecule has 4 aliphatic rings. The number of amides is 1. The van der Waals surface area contributed by atoms with Gasteiger partial charge in [0.15, 0.2) is 0 Å². The Labute approximate surface area is 188 Å². The molecule has 8 atom stereocenters. The highest BCUT2D eigenvalue weighted by Crippen LogP contribution is 2.67. The number of nitrogens with one attached hydrogen (secondary N) is 1. The number of hydrazone groups is 1. The predicted molar refractivity (Wildman–Crippen MR) is 124 cm³/mol. The van der Waals surface area contributed by atoms with Crippen molar-refractivity contribution in [2.24, 2.45) is 45.5 Å². The van der Waals surface area contributed by atoms with Crippen molar-refractivity contribution in [3.05, 3.63) is 11.6 Å². The maximum absolute atomic E-state index is 11.8. The molecule has 174 valence electrons. The van der Waals surface area contributed by atoms with E-state index in [9.17, 15) is 9.90 Å². The first-order valence-corrected chi connectivity index (χ1v) is 12.6. The van der Waals surface area contributed by atoms with Crippen LogP contribution >= 0.6 is 0 Å². The van der Waals surface area contributed by atoms with Crippen molar-refractivity contribution in [1.29, 1.82) is 0 Å². The van der Waals surface area contributed by atoms with Gasteiger partial charge in [0, 0.05) is 11.6 Å². The van der Waals surface area contributed by atoms with Gasteiger partial charge in [0.2, 0.25) is 0 Å². The van der Waals surface area contributed by atoms with Crippen molar-refractivity contribution in [1.82, 2.24) is 5.43 Å². The molecule has 3 saturated carbocycles. The Morgan fingerprint density at radius 1 is 1.26 bits per heavy atom. The van der Waals surface area contributed by atoms with Gasteiger partial charge >= 0.3 is 6.09 Å². The molecule has 1 amide bonds. The third-order valence-corrected chi connectivity index (χ3v) is 9.83. The van der Waals surface area contributed by atoms with Crippen molar-refractivity contribution in [2.45, 2.75) is 92.1 Å². The number of nitrogens with zero attached hydrogens (tertiary/aromatic N) is 1. The van der Waals surface area contributed by atoms with Crippen molar-refractivity contribution in [2.75, 3.05) is 6.61 Å². The second-order valence-electron chi connectivity index (χ2n) is 11.2. The van der Waals surface area contributed by atoms with Crippen molar-refractivity contribution < 1.29 is 14.6 Å². The van der Waals surface area contributed by atoms with Gasteiger partial charge in [0.05, 0.1) is 12.7 Å². The maximum Gasteiger partial charge on any atom is 0.427 e. The summed E-state index contributed by atoms with van der Waals surface area (Å²) < 4.78 is 5.00. The first-order chi connectivity index (χ1) is 14.7. The Hall–Kier alpha value is -1.36. The normalized spacial score (nSPS) is 44.6. The van der Waals surface area contributed by atoms with E-state index >= 15 is 0 Å². The fourth-order valence-electron chi connectivity index (χ4n) is 8.41. The highest BCUT2D eigenvalue weighted by atomic mass is 16.5. The average molecular weight is 431 g/mol. The molecule has 4 aliphatic carbocycles. The van der Waals surface area contributed by atoms with Crippen LogP contribution in [-0.4, -0.2) is 29.6 Å². The van der Waals surface area contributed by atoms with Crippen LogP contribution in [0.1, 0.15) is 86.0 Å². The zero-order chi connectivity index (χ0) is 22.4. The van der Waals surface area contributed by atoms with E-state index < -0.39 is 6.09 Å². The molecule has 0 radical (unpaired) electrons. The van der Waals surface area contributed by atoms with E-state index in [4.69, 9.17) is 4.74 Å². The van der Waals surface area contributed by atoms with Crippen molar-refractivity contribution >= 4 is 11.8 Å². The van der Waals surface area contributed by atoms with Gasteiger partial charge in [0.25, 0.3) is 0 Å². The van der Waals surface area contributed by atoms with Gasteiger partial charge in [-0.3, -0.25) is 0 Å². The largest absolute Gasteiger partial charge is 0.449 e. The summed E-state index contributed by atoms with van der Waals surface area (Å²) in [5.74, 6) is 3.21. The van der Waals surface area contributed by atoms with Crippen LogP contribution < -0.4 is 5.43 Å². The van der Waals surface area contributed by atoms with E-state index in [0.29, 0.717) is 24.4 Å². The Kier molecular flexibility index (Phi) is 6.28. The van der Waals surface area contributed by atoms with Crippen LogP contribution in [0.4, 0.5) is 4.79 Å². The summed E-state index contributed by atoms with van der Waals surface area (Å²) in [5, 5.41) is 14.7. The smallest absolute Gasteiger partial charge is 0.427 e.